The van der Waals surface area contributed by atoms with Crippen molar-refractivity contribution in [1.82, 2.24) is 0 Å². The average molecular weight is 279 g/mol. The minimum Gasteiger partial charge on any atom is -0.385 e. The Morgan fingerprint density at radius 2 is 1.67 bits per heavy atom. The second-order valence-electron chi connectivity index (χ2n) is 4.65. The van der Waals surface area contributed by atoms with Crippen LogP contribution in [0.4, 0.5) is 11.4 Å². The van der Waals surface area contributed by atoms with Crippen LogP contribution in [0.15, 0.2) is 48.5 Å². The zero-order valence-corrected chi connectivity index (χ0v) is 11.9. The quantitative estimate of drug-likeness (QED) is 0.878. The van der Waals surface area contributed by atoms with Gasteiger partial charge in [0.05, 0.1) is 11.6 Å². The van der Waals surface area contributed by atoms with Gasteiger partial charge in [-0.1, -0.05) is 6.92 Å². The van der Waals surface area contributed by atoms with Crippen molar-refractivity contribution < 1.29 is 4.79 Å². The maximum absolute atomic E-state index is 12.1. The van der Waals surface area contributed by atoms with E-state index in [4.69, 9.17) is 5.26 Å². The van der Waals surface area contributed by atoms with E-state index in [-0.39, 0.29) is 5.91 Å². The Bertz CT molecular complexity index is 639. The molecular formula is C17H17N3O. The maximum atomic E-state index is 12.1. The number of carbonyl (C=O) groups is 1. The third-order valence-corrected chi connectivity index (χ3v) is 3.00. The van der Waals surface area contributed by atoms with Crippen LogP contribution in [0.5, 0.6) is 0 Å². The van der Waals surface area contributed by atoms with Crippen LogP contribution in [-0.2, 0) is 0 Å². The molecule has 0 saturated carbocycles. The Morgan fingerprint density at radius 3 is 2.24 bits per heavy atom. The maximum Gasteiger partial charge on any atom is 0.255 e. The molecule has 4 nitrogen and oxygen atoms in total. The monoisotopic (exact) mass is 279 g/mol. The van der Waals surface area contributed by atoms with Crippen molar-refractivity contribution in [1.29, 1.82) is 5.26 Å². The molecular weight excluding hydrogens is 262 g/mol. The molecule has 4 heteroatoms. The Morgan fingerprint density at radius 1 is 1.05 bits per heavy atom. The fourth-order valence-corrected chi connectivity index (χ4v) is 1.84. The van der Waals surface area contributed by atoms with Crippen LogP contribution in [0.2, 0.25) is 0 Å². The summed E-state index contributed by atoms with van der Waals surface area (Å²) in [5, 5.41) is 14.8. The van der Waals surface area contributed by atoms with E-state index >= 15 is 0 Å². The average Bonchev–Trinajstić information content (AvgIpc) is 2.54. The highest BCUT2D eigenvalue weighted by atomic mass is 16.1. The highest BCUT2D eigenvalue weighted by Gasteiger charge is 2.05. The molecule has 0 aliphatic rings. The first kappa shape index (κ1) is 14.6. The van der Waals surface area contributed by atoms with Crippen LogP contribution in [0.25, 0.3) is 0 Å². The molecule has 2 aromatic rings. The van der Waals surface area contributed by atoms with E-state index in [1.165, 1.54) is 0 Å². The molecule has 0 spiro atoms. The lowest BCUT2D eigenvalue weighted by Gasteiger charge is -2.07. The van der Waals surface area contributed by atoms with Gasteiger partial charge in [-0.25, -0.2) is 0 Å². The van der Waals surface area contributed by atoms with E-state index in [9.17, 15) is 4.79 Å². The van der Waals surface area contributed by atoms with Crippen molar-refractivity contribution in [3.8, 4) is 6.07 Å². The lowest BCUT2D eigenvalue weighted by atomic mass is 10.1. The highest BCUT2D eigenvalue weighted by molar-refractivity contribution is 6.04. The topological polar surface area (TPSA) is 64.9 Å². The molecule has 0 saturated heterocycles. The summed E-state index contributed by atoms with van der Waals surface area (Å²) in [6.45, 7) is 3.02. The first-order valence-electron chi connectivity index (χ1n) is 6.88. The number of hydrogen-bond acceptors (Lipinski definition) is 3. The summed E-state index contributed by atoms with van der Waals surface area (Å²) in [5.41, 5.74) is 2.85. The first-order chi connectivity index (χ1) is 10.2. The largest absolute Gasteiger partial charge is 0.385 e. The molecule has 21 heavy (non-hydrogen) atoms. The van der Waals surface area contributed by atoms with E-state index in [0.717, 1.165) is 18.7 Å². The molecule has 2 N–H and O–H groups in total. The number of benzene rings is 2. The molecule has 0 radical (unpaired) electrons. The normalized spacial score (nSPS) is 9.71. The molecule has 0 aromatic heterocycles. The van der Waals surface area contributed by atoms with Crippen LogP contribution < -0.4 is 10.6 Å². The molecule has 106 valence electrons. The molecule has 0 fully saturated rings. The van der Waals surface area contributed by atoms with Crippen molar-refractivity contribution in [2.24, 2.45) is 0 Å². The van der Waals surface area contributed by atoms with Crippen LogP contribution in [0, 0.1) is 11.3 Å². The third kappa shape index (κ3) is 4.08. The van der Waals surface area contributed by atoms with E-state index in [0.29, 0.717) is 16.8 Å². The molecule has 0 aliphatic carbocycles. The number of anilines is 2. The minimum absolute atomic E-state index is 0.165. The Labute approximate surface area is 124 Å². The second kappa shape index (κ2) is 7.11. The minimum atomic E-state index is -0.165. The van der Waals surface area contributed by atoms with Gasteiger partial charge in [0.2, 0.25) is 0 Å². The highest BCUT2D eigenvalue weighted by Crippen LogP contribution is 2.13. The number of nitrogens with one attached hydrogen (secondary N) is 2. The SMILES string of the molecule is CCCNc1ccc(C(=O)Nc2ccc(C#N)cc2)cc1. The Kier molecular flexibility index (Phi) is 4.94. The van der Waals surface area contributed by atoms with Crippen LogP contribution in [-0.4, -0.2) is 12.5 Å². The van der Waals surface area contributed by atoms with Gasteiger partial charge in [-0.2, -0.15) is 5.26 Å². The molecule has 0 bridgehead atoms. The zero-order chi connectivity index (χ0) is 15.1. The molecule has 2 rings (SSSR count). The number of carbonyl (C=O) groups excluding carboxylic acids is 1. The van der Waals surface area contributed by atoms with Gasteiger partial charge in [0.15, 0.2) is 0 Å². The van der Waals surface area contributed by atoms with E-state index < -0.39 is 0 Å². The molecule has 1 amide bonds. The third-order valence-electron chi connectivity index (χ3n) is 3.00. The standard InChI is InChI=1S/C17H17N3O/c1-2-11-19-15-9-5-14(6-10-15)17(21)20-16-7-3-13(12-18)4-8-16/h3-10,19H,2,11H2,1H3,(H,20,21). The van der Waals surface area contributed by atoms with Crippen LogP contribution in [0.3, 0.4) is 0 Å². The molecule has 2 aromatic carbocycles. The fraction of sp³-hybridized carbons (Fsp3) is 0.176. The Hall–Kier alpha value is -2.80. The second-order valence-corrected chi connectivity index (χ2v) is 4.65. The van der Waals surface area contributed by atoms with Gasteiger partial charge < -0.3 is 10.6 Å². The van der Waals surface area contributed by atoms with Crippen LogP contribution >= 0.6 is 0 Å². The van der Waals surface area contributed by atoms with Gasteiger partial charge in [0, 0.05) is 23.5 Å². The lowest BCUT2D eigenvalue weighted by Crippen LogP contribution is -2.11. The van der Waals surface area contributed by atoms with Gasteiger partial charge in [-0.3, -0.25) is 4.79 Å². The smallest absolute Gasteiger partial charge is 0.255 e. The lowest BCUT2D eigenvalue weighted by molar-refractivity contribution is 0.102. The van der Waals surface area contributed by atoms with Crippen molar-refractivity contribution >= 4 is 17.3 Å². The summed E-state index contributed by atoms with van der Waals surface area (Å²) in [6, 6.07) is 16.2. The fourth-order valence-electron chi connectivity index (χ4n) is 1.84. The summed E-state index contributed by atoms with van der Waals surface area (Å²) in [5.74, 6) is -0.165. The predicted octanol–water partition coefficient (Wildman–Crippen LogP) is 3.63. The summed E-state index contributed by atoms with van der Waals surface area (Å²) in [6.07, 6.45) is 1.06. The van der Waals surface area contributed by atoms with Gasteiger partial charge in [-0.15, -0.1) is 0 Å². The van der Waals surface area contributed by atoms with E-state index in [2.05, 4.69) is 17.6 Å². The van der Waals surface area contributed by atoms with Gasteiger partial charge in [0.25, 0.3) is 5.91 Å². The summed E-state index contributed by atoms with van der Waals surface area (Å²) < 4.78 is 0. The van der Waals surface area contributed by atoms with Crippen molar-refractivity contribution in [3.63, 3.8) is 0 Å². The van der Waals surface area contributed by atoms with Crippen molar-refractivity contribution in [2.45, 2.75) is 13.3 Å². The number of rotatable bonds is 5. The molecule has 0 unspecified atom stereocenters. The van der Waals surface area contributed by atoms with Crippen molar-refractivity contribution in [3.05, 3.63) is 59.7 Å². The number of nitrogens with zero attached hydrogens (tertiary/aromatic N) is 1. The molecule has 0 heterocycles. The molecule has 0 atom stereocenters. The summed E-state index contributed by atoms with van der Waals surface area (Å²) >= 11 is 0. The van der Waals surface area contributed by atoms with E-state index in [1.807, 2.05) is 18.2 Å². The summed E-state index contributed by atoms with van der Waals surface area (Å²) in [7, 11) is 0. The zero-order valence-electron chi connectivity index (χ0n) is 11.9. The number of nitriles is 1. The molecule has 0 aliphatic heterocycles. The van der Waals surface area contributed by atoms with Crippen LogP contribution in [0.1, 0.15) is 29.3 Å². The first-order valence-corrected chi connectivity index (χ1v) is 6.88. The van der Waals surface area contributed by atoms with Gasteiger partial charge in [-0.05, 0) is 55.0 Å². The van der Waals surface area contributed by atoms with Crippen molar-refractivity contribution in [2.75, 3.05) is 17.2 Å². The summed E-state index contributed by atoms with van der Waals surface area (Å²) in [4.78, 5) is 12.1. The Balaban J connectivity index is 2.00. The number of hydrogen-bond donors (Lipinski definition) is 2. The van der Waals surface area contributed by atoms with Gasteiger partial charge >= 0.3 is 0 Å². The predicted molar refractivity (Wildman–Crippen MR) is 84.3 cm³/mol. The van der Waals surface area contributed by atoms with Gasteiger partial charge in [0.1, 0.15) is 0 Å². The number of amides is 1. The van der Waals surface area contributed by atoms with E-state index in [1.54, 1.807) is 36.4 Å².